The number of fused-ring (bicyclic) bond motifs is 1. The number of carbonyl (C=O) groups excluding carboxylic acids is 1. The molecule has 0 atom stereocenters. The third kappa shape index (κ3) is 5.92. The number of aromatic nitrogens is 3. The summed E-state index contributed by atoms with van der Waals surface area (Å²) in [5.41, 5.74) is 7.40. The van der Waals surface area contributed by atoms with Crippen LogP contribution in [0.4, 0.5) is 0 Å². The summed E-state index contributed by atoms with van der Waals surface area (Å²) in [5, 5.41) is 25.8. The monoisotopic (exact) mass is 549 g/mol. The maximum atomic E-state index is 12.7. The van der Waals surface area contributed by atoms with Crippen molar-refractivity contribution in [1.29, 1.82) is 0 Å². The molecule has 0 radical (unpaired) electrons. The van der Waals surface area contributed by atoms with Crippen LogP contribution in [0, 0.1) is 6.92 Å². The van der Waals surface area contributed by atoms with Gasteiger partial charge in [-0.25, -0.2) is 5.43 Å². The summed E-state index contributed by atoms with van der Waals surface area (Å²) < 4.78 is 1.97. The average Bonchev–Trinajstić information content (AvgIpc) is 3.37. The van der Waals surface area contributed by atoms with Crippen LogP contribution in [-0.4, -0.2) is 37.7 Å². The van der Waals surface area contributed by atoms with E-state index in [2.05, 4.69) is 65.8 Å². The molecule has 1 amide bonds. The summed E-state index contributed by atoms with van der Waals surface area (Å²) in [5.74, 6) is 0.596. The van der Waals surface area contributed by atoms with Gasteiger partial charge in [0.2, 0.25) is 0 Å². The number of phenols is 1. The SMILES string of the molecule is Cc1ccc(-n2c(SCC(=O)N/N=C/c3c(O)ccc4ccccc34)nnc2-c2ccc(C(C)(C)C)cc2)cc1. The maximum absolute atomic E-state index is 12.7. The van der Waals surface area contributed by atoms with Crippen LogP contribution in [0.3, 0.4) is 0 Å². The maximum Gasteiger partial charge on any atom is 0.250 e. The van der Waals surface area contributed by atoms with Crippen molar-refractivity contribution >= 4 is 34.7 Å². The molecule has 5 aromatic rings. The summed E-state index contributed by atoms with van der Waals surface area (Å²) in [6.07, 6.45) is 1.47. The van der Waals surface area contributed by atoms with Gasteiger partial charge in [-0.3, -0.25) is 9.36 Å². The molecule has 1 heterocycles. The zero-order valence-corrected chi connectivity index (χ0v) is 23.7. The molecule has 0 bridgehead atoms. The fourth-order valence-electron chi connectivity index (χ4n) is 4.35. The van der Waals surface area contributed by atoms with Crippen LogP contribution < -0.4 is 5.43 Å². The normalized spacial score (nSPS) is 11.8. The highest BCUT2D eigenvalue weighted by Gasteiger charge is 2.19. The van der Waals surface area contributed by atoms with E-state index in [1.807, 2.05) is 66.1 Å². The van der Waals surface area contributed by atoms with Gasteiger partial charge in [0, 0.05) is 16.8 Å². The van der Waals surface area contributed by atoms with Gasteiger partial charge in [-0.15, -0.1) is 10.2 Å². The summed E-state index contributed by atoms with van der Waals surface area (Å²) in [6.45, 7) is 8.60. The Morgan fingerprint density at radius 3 is 2.42 bits per heavy atom. The number of hydrogen-bond acceptors (Lipinski definition) is 6. The van der Waals surface area contributed by atoms with E-state index in [0.717, 1.165) is 27.6 Å². The minimum absolute atomic E-state index is 0.0480. The fraction of sp³-hybridized carbons (Fsp3) is 0.188. The standard InChI is InChI=1S/C32H31N5O2S/c1-21-9-16-25(17-10-21)37-30(23-11-14-24(15-12-23)32(2,3)4)35-36-31(37)40-20-29(39)34-33-19-27-26-8-6-5-7-22(26)13-18-28(27)38/h5-19,38H,20H2,1-4H3,(H,34,39)/b33-19+. The molecule has 0 aliphatic heterocycles. The number of carbonyl (C=O) groups is 1. The molecule has 0 saturated heterocycles. The number of nitrogens with one attached hydrogen (secondary N) is 1. The lowest BCUT2D eigenvalue weighted by molar-refractivity contribution is -0.118. The van der Waals surface area contributed by atoms with Crippen molar-refractivity contribution in [1.82, 2.24) is 20.2 Å². The molecule has 1 aromatic heterocycles. The first kappa shape index (κ1) is 27.1. The largest absolute Gasteiger partial charge is 0.507 e. The Kier molecular flexibility index (Phi) is 7.71. The van der Waals surface area contributed by atoms with Crippen molar-refractivity contribution in [2.45, 2.75) is 38.3 Å². The zero-order chi connectivity index (χ0) is 28.3. The van der Waals surface area contributed by atoms with Crippen LogP contribution in [-0.2, 0) is 10.2 Å². The number of hydrazone groups is 1. The first-order valence-corrected chi connectivity index (χ1v) is 14.0. The van der Waals surface area contributed by atoms with Gasteiger partial charge in [0.25, 0.3) is 5.91 Å². The van der Waals surface area contributed by atoms with Crippen LogP contribution in [0.5, 0.6) is 5.75 Å². The second-order valence-electron chi connectivity index (χ2n) is 10.6. The van der Waals surface area contributed by atoms with E-state index in [-0.39, 0.29) is 22.8 Å². The van der Waals surface area contributed by atoms with Crippen molar-refractivity contribution in [3.05, 3.63) is 102 Å². The molecule has 7 nitrogen and oxygen atoms in total. The Hall–Kier alpha value is -4.43. The molecule has 5 rings (SSSR count). The van der Waals surface area contributed by atoms with Crippen LogP contribution >= 0.6 is 11.8 Å². The number of benzene rings is 4. The summed E-state index contributed by atoms with van der Waals surface area (Å²) in [7, 11) is 0. The lowest BCUT2D eigenvalue weighted by Crippen LogP contribution is -2.20. The molecule has 0 fully saturated rings. The van der Waals surface area contributed by atoms with E-state index in [1.165, 1.54) is 23.5 Å². The van der Waals surface area contributed by atoms with E-state index < -0.39 is 0 Å². The molecule has 0 spiro atoms. The Morgan fingerprint density at radius 1 is 0.975 bits per heavy atom. The van der Waals surface area contributed by atoms with Crippen LogP contribution in [0.2, 0.25) is 0 Å². The third-order valence-electron chi connectivity index (χ3n) is 6.60. The first-order valence-electron chi connectivity index (χ1n) is 13.0. The first-order chi connectivity index (χ1) is 19.2. The molecule has 202 valence electrons. The predicted octanol–water partition coefficient (Wildman–Crippen LogP) is 6.64. The van der Waals surface area contributed by atoms with Gasteiger partial charge in [0.1, 0.15) is 5.75 Å². The lowest BCUT2D eigenvalue weighted by Gasteiger charge is -2.19. The number of amides is 1. The molecular weight excluding hydrogens is 518 g/mol. The number of nitrogens with zero attached hydrogens (tertiary/aromatic N) is 4. The highest BCUT2D eigenvalue weighted by molar-refractivity contribution is 7.99. The van der Waals surface area contributed by atoms with E-state index in [0.29, 0.717) is 16.5 Å². The van der Waals surface area contributed by atoms with Crippen molar-refractivity contribution in [3.63, 3.8) is 0 Å². The van der Waals surface area contributed by atoms with Gasteiger partial charge in [0.15, 0.2) is 11.0 Å². The minimum Gasteiger partial charge on any atom is -0.507 e. The number of hydrogen-bond donors (Lipinski definition) is 2. The Morgan fingerprint density at radius 2 is 1.70 bits per heavy atom. The number of aryl methyl sites for hydroxylation is 1. The Labute approximate surface area is 238 Å². The molecule has 40 heavy (non-hydrogen) atoms. The quantitative estimate of drug-likeness (QED) is 0.135. The molecule has 0 saturated carbocycles. The highest BCUT2D eigenvalue weighted by Crippen LogP contribution is 2.30. The highest BCUT2D eigenvalue weighted by atomic mass is 32.2. The van der Waals surface area contributed by atoms with E-state index in [1.54, 1.807) is 6.07 Å². The predicted molar refractivity (Wildman–Crippen MR) is 162 cm³/mol. The average molecular weight is 550 g/mol. The second-order valence-corrected chi connectivity index (χ2v) is 11.5. The number of phenolic OH excluding ortho intramolecular Hbond substituents is 1. The fourth-order valence-corrected chi connectivity index (χ4v) is 5.09. The Bertz CT molecular complexity index is 1680. The van der Waals surface area contributed by atoms with Crippen molar-refractivity contribution < 1.29 is 9.90 Å². The molecule has 0 unspecified atom stereocenters. The van der Waals surface area contributed by atoms with Crippen molar-refractivity contribution in [3.8, 4) is 22.8 Å². The van der Waals surface area contributed by atoms with E-state index in [4.69, 9.17) is 0 Å². The number of thioether (sulfide) groups is 1. The molecule has 2 N–H and O–H groups in total. The number of aromatic hydroxyl groups is 1. The molecule has 0 aliphatic carbocycles. The van der Waals surface area contributed by atoms with Crippen LogP contribution in [0.15, 0.2) is 95.2 Å². The molecule has 0 aliphatic rings. The van der Waals surface area contributed by atoms with Crippen molar-refractivity contribution in [2.24, 2.45) is 5.10 Å². The summed E-state index contributed by atoms with van der Waals surface area (Å²) in [4.78, 5) is 12.7. The van der Waals surface area contributed by atoms with Crippen LogP contribution in [0.25, 0.3) is 27.8 Å². The van der Waals surface area contributed by atoms with E-state index in [9.17, 15) is 9.90 Å². The summed E-state index contributed by atoms with van der Waals surface area (Å²) >= 11 is 1.28. The third-order valence-corrected chi connectivity index (χ3v) is 7.53. The van der Waals surface area contributed by atoms with Crippen LogP contribution in [0.1, 0.15) is 37.5 Å². The smallest absolute Gasteiger partial charge is 0.250 e. The van der Waals surface area contributed by atoms with Crippen molar-refractivity contribution in [2.75, 3.05) is 5.75 Å². The van der Waals surface area contributed by atoms with Gasteiger partial charge in [-0.05, 0) is 46.9 Å². The van der Waals surface area contributed by atoms with Gasteiger partial charge < -0.3 is 5.11 Å². The minimum atomic E-state index is -0.296. The number of rotatable bonds is 7. The van der Waals surface area contributed by atoms with Gasteiger partial charge in [-0.1, -0.05) is 105 Å². The molecule has 4 aromatic carbocycles. The van der Waals surface area contributed by atoms with Gasteiger partial charge >= 0.3 is 0 Å². The molecular formula is C32H31N5O2S. The van der Waals surface area contributed by atoms with Gasteiger partial charge in [-0.2, -0.15) is 5.10 Å². The lowest BCUT2D eigenvalue weighted by atomic mass is 9.87. The topological polar surface area (TPSA) is 92.4 Å². The zero-order valence-electron chi connectivity index (χ0n) is 22.9. The second kappa shape index (κ2) is 11.4. The Balaban J connectivity index is 1.35. The summed E-state index contributed by atoms with van der Waals surface area (Å²) in [6, 6.07) is 27.6. The van der Waals surface area contributed by atoms with Gasteiger partial charge in [0.05, 0.1) is 12.0 Å². The van der Waals surface area contributed by atoms with E-state index >= 15 is 0 Å². The molecule has 8 heteroatoms.